The maximum Gasteiger partial charge on any atom is 0.116 e. The molecule has 5 rings (SSSR count). The Hall–Kier alpha value is -3.89. The molecule has 0 saturated carbocycles. The molecule has 0 aliphatic rings. The zero-order valence-corrected chi connectivity index (χ0v) is 24.1. The molecule has 1 heterocycles. The van der Waals surface area contributed by atoms with Crippen LogP contribution in [0.5, 0.6) is 0 Å². The zero-order valence-electron chi connectivity index (χ0n) is 22.7. The van der Waals surface area contributed by atoms with Gasteiger partial charge in [0, 0.05) is 12.4 Å². The molecule has 0 unspecified atom stereocenters. The van der Waals surface area contributed by atoms with E-state index in [1.807, 2.05) is 12.5 Å². The summed E-state index contributed by atoms with van der Waals surface area (Å²) in [5, 5.41) is -0.148. The molecule has 1 aromatic heterocycles. The summed E-state index contributed by atoms with van der Waals surface area (Å²) in [5.41, 5.74) is 7.84. The molecule has 0 atom stereocenters. The molecular formula is C34H37BN2Si. The molecule has 2 nitrogen and oxygen atoms in total. The Labute approximate surface area is 231 Å². The average molecular weight is 513 g/mol. The van der Waals surface area contributed by atoms with Gasteiger partial charge in [0.05, 0.1) is 21.0 Å². The van der Waals surface area contributed by atoms with Gasteiger partial charge in [-0.15, -0.1) is 5.70 Å². The first-order chi connectivity index (χ1) is 18.6. The maximum atomic E-state index is 4.34. The van der Waals surface area contributed by atoms with E-state index >= 15 is 0 Å². The molecule has 4 heteroatoms. The molecule has 0 saturated heterocycles. The minimum absolute atomic E-state index is 0.148. The number of imidazole rings is 1. The first kappa shape index (κ1) is 27.2. The van der Waals surface area contributed by atoms with Gasteiger partial charge in [0.25, 0.3) is 0 Å². The fourth-order valence-corrected chi connectivity index (χ4v) is 7.27. The lowest BCUT2D eigenvalue weighted by Crippen LogP contribution is -2.41. The summed E-state index contributed by atoms with van der Waals surface area (Å²) in [7, 11) is 1.59. The third kappa shape index (κ3) is 6.70. The minimum Gasteiger partial charge on any atom is -0.326 e. The van der Waals surface area contributed by atoms with Gasteiger partial charge in [0.15, 0.2) is 0 Å². The largest absolute Gasteiger partial charge is 0.326 e. The summed E-state index contributed by atoms with van der Waals surface area (Å²) in [5.74, 6) is 1.06. The van der Waals surface area contributed by atoms with E-state index < -0.39 is 9.52 Å². The van der Waals surface area contributed by atoms with Gasteiger partial charge < -0.3 is 4.57 Å². The van der Waals surface area contributed by atoms with Crippen LogP contribution in [0.2, 0.25) is 0 Å². The van der Waals surface area contributed by atoms with Gasteiger partial charge in [-0.05, 0) is 34.0 Å². The summed E-state index contributed by atoms with van der Waals surface area (Å²) in [4.78, 5) is 4.34. The number of hydrogen-bond donors (Lipinski definition) is 0. The van der Waals surface area contributed by atoms with Gasteiger partial charge in [0.1, 0.15) is 7.85 Å². The Kier molecular flexibility index (Phi) is 9.72. The molecule has 0 amide bonds. The van der Waals surface area contributed by atoms with Crippen molar-refractivity contribution < 1.29 is 0 Å². The van der Waals surface area contributed by atoms with Gasteiger partial charge in [0.2, 0.25) is 0 Å². The zero-order chi connectivity index (χ0) is 26.6. The summed E-state index contributed by atoms with van der Waals surface area (Å²) in [6.45, 7) is 4.46. The second-order valence-corrected chi connectivity index (χ2v) is 11.9. The molecule has 190 valence electrons. The van der Waals surface area contributed by atoms with Crippen LogP contribution in [0, 0.1) is 5.92 Å². The Morgan fingerprint density at radius 2 is 1.16 bits per heavy atom. The third-order valence-corrected chi connectivity index (χ3v) is 9.26. The summed E-state index contributed by atoms with van der Waals surface area (Å²) >= 11 is 0. The van der Waals surface area contributed by atoms with Gasteiger partial charge >= 0.3 is 0 Å². The van der Waals surface area contributed by atoms with Crippen molar-refractivity contribution in [3.8, 4) is 0 Å². The highest BCUT2D eigenvalue weighted by atomic mass is 28.2. The van der Waals surface area contributed by atoms with Crippen molar-refractivity contribution in [1.29, 1.82) is 0 Å². The van der Waals surface area contributed by atoms with Gasteiger partial charge in [-0.2, -0.15) is 0 Å². The van der Waals surface area contributed by atoms with E-state index in [1.54, 1.807) is 0 Å². The van der Waals surface area contributed by atoms with Crippen molar-refractivity contribution in [2.75, 3.05) is 0 Å². The Bertz CT molecular complexity index is 1270. The molecule has 0 fully saturated rings. The standard InChI is InChI=1S/C21H24N2Si.C13H13B/c1-18(2)13-16-24-21(23-15-14-22-17-23,19-9-5-3-6-10-19)20-11-7-4-8-12-20;14-13(11-7-3-1-4-8-11)12-9-5-2-6-10-12/h3-18H,24H2,1-2H3;1-10,13H,14H2. The van der Waals surface area contributed by atoms with Crippen LogP contribution in [0.3, 0.4) is 0 Å². The van der Waals surface area contributed by atoms with Crippen LogP contribution in [0.1, 0.15) is 41.9 Å². The number of allylic oxidation sites excluding steroid dienone is 1. The molecule has 0 aliphatic heterocycles. The number of aromatic nitrogens is 2. The molecule has 4 aromatic carbocycles. The highest BCUT2D eigenvalue weighted by Crippen LogP contribution is 2.33. The fourth-order valence-electron chi connectivity index (χ4n) is 4.91. The van der Waals surface area contributed by atoms with Crippen LogP contribution in [0.4, 0.5) is 0 Å². The van der Waals surface area contributed by atoms with Crippen LogP contribution in [-0.2, 0) is 5.16 Å². The maximum absolute atomic E-state index is 4.34. The Balaban J connectivity index is 0.000000204. The predicted molar refractivity (Wildman–Crippen MR) is 167 cm³/mol. The van der Waals surface area contributed by atoms with E-state index in [1.165, 1.54) is 22.3 Å². The monoisotopic (exact) mass is 512 g/mol. The first-order valence-corrected chi connectivity index (χ1v) is 15.0. The Morgan fingerprint density at radius 1 is 0.711 bits per heavy atom. The van der Waals surface area contributed by atoms with Gasteiger partial charge in [-0.25, -0.2) is 4.98 Å². The van der Waals surface area contributed by atoms with E-state index in [-0.39, 0.29) is 5.16 Å². The van der Waals surface area contributed by atoms with E-state index in [0.29, 0.717) is 11.7 Å². The summed E-state index contributed by atoms with van der Waals surface area (Å²) < 4.78 is 2.29. The van der Waals surface area contributed by atoms with Crippen molar-refractivity contribution in [2.24, 2.45) is 5.92 Å². The SMILES string of the molecule is BC(c1ccccc1)c1ccccc1.CC(C)C=C[SiH2]C(c1ccccc1)(c1ccccc1)n1ccnc1. The van der Waals surface area contributed by atoms with Crippen molar-refractivity contribution >= 4 is 17.4 Å². The van der Waals surface area contributed by atoms with Crippen molar-refractivity contribution in [2.45, 2.75) is 24.8 Å². The summed E-state index contributed by atoms with van der Waals surface area (Å²) in [6, 6.07) is 42.8. The number of hydrogen-bond acceptors (Lipinski definition) is 1. The molecule has 0 aliphatic carbocycles. The van der Waals surface area contributed by atoms with Crippen LogP contribution in [0.15, 0.2) is 152 Å². The van der Waals surface area contributed by atoms with Crippen LogP contribution in [-0.4, -0.2) is 26.9 Å². The molecule has 0 spiro atoms. The normalized spacial score (nSPS) is 11.8. The molecule has 5 aromatic rings. The van der Waals surface area contributed by atoms with Gasteiger partial charge in [-0.3, -0.25) is 0 Å². The second kappa shape index (κ2) is 13.6. The molecule has 38 heavy (non-hydrogen) atoms. The Morgan fingerprint density at radius 3 is 1.55 bits per heavy atom. The predicted octanol–water partition coefficient (Wildman–Crippen LogP) is 6.38. The molecular weight excluding hydrogens is 475 g/mol. The lowest BCUT2D eigenvalue weighted by atomic mass is 9.76. The van der Waals surface area contributed by atoms with E-state index in [4.69, 9.17) is 0 Å². The minimum atomic E-state index is -0.647. The van der Waals surface area contributed by atoms with Crippen LogP contribution < -0.4 is 0 Å². The first-order valence-electron chi connectivity index (χ1n) is 13.5. The molecule has 0 N–H and O–H groups in total. The number of benzene rings is 4. The van der Waals surface area contributed by atoms with Crippen molar-refractivity contribution in [1.82, 2.24) is 9.55 Å². The quantitative estimate of drug-likeness (QED) is 0.221. The fraction of sp³-hybridized carbons (Fsp3) is 0.147. The highest BCUT2D eigenvalue weighted by Gasteiger charge is 2.34. The van der Waals surface area contributed by atoms with E-state index in [0.717, 1.165) is 0 Å². The molecule has 0 radical (unpaired) electrons. The van der Waals surface area contributed by atoms with E-state index in [9.17, 15) is 0 Å². The van der Waals surface area contributed by atoms with Crippen molar-refractivity contribution in [3.05, 3.63) is 174 Å². The number of nitrogens with zero attached hydrogens (tertiary/aromatic N) is 2. The van der Waals surface area contributed by atoms with Gasteiger partial charge in [-0.1, -0.05) is 141 Å². The number of rotatable bonds is 8. The smallest absolute Gasteiger partial charge is 0.116 e. The lowest BCUT2D eigenvalue weighted by Gasteiger charge is -2.36. The van der Waals surface area contributed by atoms with Crippen LogP contribution >= 0.6 is 0 Å². The van der Waals surface area contributed by atoms with Crippen LogP contribution in [0.25, 0.3) is 0 Å². The highest BCUT2D eigenvalue weighted by molar-refractivity contribution is 6.47. The average Bonchev–Trinajstić information content (AvgIpc) is 3.53. The van der Waals surface area contributed by atoms with Crippen molar-refractivity contribution in [3.63, 3.8) is 0 Å². The topological polar surface area (TPSA) is 17.8 Å². The van der Waals surface area contributed by atoms with E-state index in [2.05, 4.69) is 171 Å². The molecule has 0 bridgehead atoms. The lowest BCUT2D eigenvalue weighted by molar-refractivity contribution is 0.596. The third-order valence-electron chi connectivity index (χ3n) is 6.98. The summed E-state index contributed by atoms with van der Waals surface area (Å²) in [6.07, 6.45) is 8.26. The second-order valence-electron chi connectivity index (χ2n) is 9.98.